The van der Waals surface area contributed by atoms with Crippen molar-refractivity contribution in [3.63, 3.8) is 0 Å². The number of fused-ring (bicyclic) bond motifs is 1. The number of hydrogen-bond acceptors (Lipinski definition) is 1. The van der Waals surface area contributed by atoms with Gasteiger partial charge in [-0.25, -0.2) is 4.79 Å². The van der Waals surface area contributed by atoms with Crippen molar-refractivity contribution < 1.29 is 4.79 Å². The van der Waals surface area contributed by atoms with Crippen LogP contribution < -0.4 is 9.80 Å². The molecule has 1 unspecified atom stereocenters. The number of hydrogen-bond donors (Lipinski definition) is 0. The Morgan fingerprint density at radius 2 is 1.58 bits per heavy atom. The van der Waals surface area contributed by atoms with E-state index in [0.29, 0.717) is 5.02 Å². The van der Waals surface area contributed by atoms with Gasteiger partial charge in [0.25, 0.3) is 0 Å². The summed E-state index contributed by atoms with van der Waals surface area (Å²) in [5, 5.41) is 0.650. The zero-order valence-electron chi connectivity index (χ0n) is 12.8. The lowest BCUT2D eigenvalue weighted by Gasteiger charge is -2.20. The van der Waals surface area contributed by atoms with Crippen LogP contribution in [0.25, 0.3) is 0 Å². The van der Waals surface area contributed by atoms with Gasteiger partial charge in [0.05, 0.1) is 17.4 Å². The lowest BCUT2D eigenvalue weighted by atomic mass is 10.1. The highest BCUT2D eigenvalue weighted by molar-refractivity contribution is 6.30. The van der Waals surface area contributed by atoms with Crippen molar-refractivity contribution in [3.8, 4) is 0 Å². The third-order valence-corrected chi connectivity index (χ3v) is 4.39. The molecule has 118 valence electrons. The van der Waals surface area contributed by atoms with Crippen LogP contribution in [0.1, 0.15) is 0 Å². The van der Waals surface area contributed by atoms with E-state index in [1.807, 2.05) is 77.7 Å². The average molecular weight is 335 g/mol. The molecule has 0 spiro atoms. The molecule has 2 aromatic carbocycles. The second-order valence-electron chi connectivity index (χ2n) is 5.61. The van der Waals surface area contributed by atoms with Crippen molar-refractivity contribution >= 4 is 29.0 Å². The van der Waals surface area contributed by atoms with Gasteiger partial charge in [-0.3, -0.25) is 9.80 Å². The van der Waals surface area contributed by atoms with E-state index in [4.69, 9.17) is 11.6 Å². The molecule has 0 saturated carbocycles. The summed E-state index contributed by atoms with van der Waals surface area (Å²) in [6.07, 6.45) is 9.93. The van der Waals surface area contributed by atoms with Crippen LogP contribution in [-0.2, 0) is 0 Å². The van der Waals surface area contributed by atoms with E-state index in [2.05, 4.69) is 0 Å². The molecule has 2 aliphatic rings. The Morgan fingerprint density at radius 3 is 2.33 bits per heavy atom. The minimum atomic E-state index is -0.134. The number of halogens is 1. The molecule has 1 saturated heterocycles. The molecule has 2 aromatic rings. The molecule has 1 aliphatic heterocycles. The van der Waals surface area contributed by atoms with Crippen LogP contribution in [0.3, 0.4) is 0 Å². The number of benzene rings is 2. The molecule has 1 heterocycles. The average Bonchev–Trinajstić information content (AvgIpc) is 2.75. The van der Waals surface area contributed by atoms with Gasteiger partial charge in [0.1, 0.15) is 0 Å². The normalized spacial score (nSPS) is 19.3. The third kappa shape index (κ3) is 2.43. The van der Waals surface area contributed by atoms with Gasteiger partial charge in [0.15, 0.2) is 0 Å². The Morgan fingerprint density at radius 1 is 0.833 bits per heavy atom. The highest BCUT2D eigenvalue weighted by Crippen LogP contribution is 2.37. The maximum atomic E-state index is 13.2. The first-order valence-corrected chi connectivity index (χ1v) is 8.12. The molecule has 1 aliphatic carbocycles. The first-order valence-electron chi connectivity index (χ1n) is 7.75. The van der Waals surface area contributed by atoms with Crippen molar-refractivity contribution in [1.82, 2.24) is 0 Å². The molecule has 1 atom stereocenters. The van der Waals surface area contributed by atoms with E-state index in [0.717, 1.165) is 17.1 Å². The van der Waals surface area contributed by atoms with Gasteiger partial charge in [-0.05, 0) is 42.5 Å². The zero-order chi connectivity index (χ0) is 16.5. The highest BCUT2D eigenvalue weighted by Gasteiger charge is 2.42. The summed E-state index contributed by atoms with van der Waals surface area (Å²) in [6, 6.07) is 16.9. The lowest BCUT2D eigenvalue weighted by molar-refractivity contribution is 0.256. The lowest BCUT2D eigenvalue weighted by Crippen LogP contribution is -2.34. The molecule has 24 heavy (non-hydrogen) atoms. The fraction of sp³-hybridized carbons (Fsp3) is 0.0500. The van der Waals surface area contributed by atoms with Crippen LogP contribution in [0, 0.1) is 0 Å². The molecular weight excluding hydrogens is 320 g/mol. The van der Waals surface area contributed by atoms with Crippen LogP contribution in [0.5, 0.6) is 0 Å². The van der Waals surface area contributed by atoms with Crippen molar-refractivity contribution in [2.45, 2.75) is 6.04 Å². The van der Waals surface area contributed by atoms with E-state index in [-0.39, 0.29) is 12.1 Å². The third-order valence-electron chi connectivity index (χ3n) is 4.14. The number of anilines is 2. The maximum absolute atomic E-state index is 13.2. The predicted molar refractivity (Wildman–Crippen MR) is 98.4 cm³/mol. The minimum Gasteiger partial charge on any atom is -0.281 e. The number of amides is 2. The summed E-state index contributed by atoms with van der Waals surface area (Å²) >= 11 is 5.99. The van der Waals surface area contributed by atoms with Crippen molar-refractivity contribution in [2.75, 3.05) is 9.80 Å². The molecule has 2 amide bonds. The molecule has 4 rings (SSSR count). The first-order chi connectivity index (χ1) is 11.8. The van der Waals surface area contributed by atoms with Gasteiger partial charge in [-0.2, -0.15) is 0 Å². The molecular formula is C20H15ClN2O. The molecule has 0 N–H and O–H groups in total. The summed E-state index contributed by atoms with van der Waals surface area (Å²) in [6.45, 7) is 0. The maximum Gasteiger partial charge on any atom is 0.334 e. The fourth-order valence-corrected chi connectivity index (χ4v) is 3.18. The van der Waals surface area contributed by atoms with Crippen molar-refractivity contribution in [3.05, 3.63) is 95.7 Å². The van der Waals surface area contributed by atoms with Gasteiger partial charge in [-0.15, -0.1) is 0 Å². The van der Waals surface area contributed by atoms with Gasteiger partial charge in [-0.1, -0.05) is 54.1 Å². The second-order valence-corrected chi connectivity index (χ2v) is 6.04. The SMILES string of the molecule is O=C1N(c2ccc(Cl)cc2)C2=CC=CC=CC2N1c1ccccc1. The quantitative estimate of drug-likeness (QED) is 0.743. The highest BCUT2D eigenvalue weighted by atomic mass is 35.5. The van der Waals surface area contributed by atoms with Gasteiger partial charge >= 0.3 is 6.03 Å². The van der Waals surface area contributed by atoms with E-state index >= 15 is 0 Å². The molecule has 0 radical (unpaired) electrons. The Bertz CT molecular complexity index is 853. The van der Waals surface area contributed by atoms with Crippen LogP contribution in [-0.4, -0.2) is 12.1 Å². The van der Waals surface area contributed by atoms with Gasteiger partial charge < -0.3 is 0 Å². The molecule has 0 bridgehead atoms. The Kier molecular flexibility index (Phi) is 3.71. The zero-order valence-corrected chi connectivity index (χ0v) is 13.6. The van der Waals surface area contributed by atoms with Crippen molar-refractivity contribution in [2.24, 2.45) is 0 Å². The molecule has 3 nitrogen and oxygen atoms in total. The smallest absolute Gasteiger partial charge is 0.281 e. The number of carbonyl (C=O) groups is 1. The number of allylic oxidation sites excluding steroid dienone is 4. The Labute approximate surface area is 145 Å². The van der Waals surface area contributed by atoms with Crippen LogP contribution in [0.4, 0.5) is 16.2 Å². The van der Waals surface area contributed by atoms with Crippen LogP contribution in [0.15, 0.2) is 90.7 Å². The van der Waals surface area contributed by atoms with Crippen LogP contribution >= 0.6 is 11.6 Å². The van der Waals surface area contributed by atoms with E-state index in [1.165, 1.54) is 0 Å². The monoisotopic (exact) mass is 334 g/mol. The topological polar surface area (TPSA) is 23.6 Å². The minimum absolute atomic E-state index is 0.0697. The summed E-state index contributed by atoms with van der Waals surface area (Å²) in [5.41, 5.74) is 2.61. The van der Waals surface area contributed by atoms with Crippen LogP contribution in [0.2, 0.25) is 5.02 Å². The second kappa shape index (κ2) is 6.02. The summed E-state index contributed by atoms with van der Waals surface area (Å²) < 4.78 is 0. The van der Waals surface area contributed by atoms with E-state index in [1.54, 1.807) is 17.0 Å². The molecule has 4 heteroatoms. The number of urea groups is 1. The number of nitrogens with zero attached hydrogens (tertiary/aromatic N) is 2. The summed E-state index contributed by atoms with van der Waals surface area (Å²) in [4.78, 5) is 16.7. The van der Waals surface area contributed by atoms with E-state index in [9.17, 15) is 4.79 Å². The van der Waals surface area contributed by atoms with Crippen molar-refractivity contribution in [1.29, 1.82) is 0 Å². The first kappa shape index (κ1) is 14.8. The standard InChI is InChI=1S/C20H15ClN2O/c21-15-11-13-17(14-12-15)23-19-10-6-2-5-9-18(19)22(20(23)24)16-7-3-1-4-8-16/h1-14,18H. The molecule has 1 fully saturated rings. The van der Waals surface area contributed by atoms with Gasteiger partial charge in [0.2, 0.25) is 0 Å². The van der Waals surface area contributed by atoms with E-state index < -0.39 is 0 Å². The summed E-state index contributed by atoms with van der Waals surface area (Å²) in [5.74, 6) is 0. The Balaban J connectivity index is 1.84. The summed E-state index contributed by atoms with van der Waals surface area (Å²) in [7, 11) is 0. The number of carbonyl (C=O) groups excluding carboxylic acids is 1. The van der Waals surface area contributed by atoms with Gasteiger partial charge in [0, 0.05) is 10.7 Å². The fourth-order valence-electron chi connectivity index (χ4n) is 3.06. The number of para-hydroxylation sites is 1. The number of rotatable bonds is 2. The predicted octanol–water partition coefficient (Wildman–Crippen LogP) is 5.17. The molecule has 0 aromatic heterocycles. The Hall–Kier alpha value is -2.78. The largest absolute Gasteiger partial charge is 0.334 e.